The number of anilines is 1. The Labute approximate surface area is 151 Å². The van der Waals surface area contributed by atoms with Crippen LogP contribution in [0.4, 0.5) is 9.93 Å². The summed E-state index contributed by atoms with van der Waals surface area (Å²) in [7, 11) is 0. The topological polar surface area (TPSA) is 118 Å². The number of ether oxygens (including phenoxy) is 1. The maximum atomic E-state index is 11.8. The highest BCUT2D eigenvalue weighted by atomic mass is 32.1. The number of carboxylic acids is 1. The lowest BCUT2D eigenvalue weighted by Crippen LogP contribution is -2.33. The average Bonchev–Trinajstić information content (AvgIpc) is 2.86. The average molecular weight is 371 g/mol. The van der Waals surface area contributed by atoms with Gasteiger partial charge in [0.1, 0.15) is 5.60 Å². The molecule has 9 heteroatoms. The molecular weight excluding hydrogens is 346 g/mol. The van der Waals surface area contributed by atoms with Crippen LogP contribution in [0, 0.1) is 0 Å². The minimum Gasteiger partial charge on any atom is -0.481 e. The number of aromatic nitrogens is 1. The monoisotopic (exact) mass is 371 g/mol. The first kappa shape index (κ1) is 20.9. The summed E-state index contributed by atoms with van der Waals surface area (Å²) in [5.41, 5.74) is -0.0801. The molecular formula is C16H25N3O5S. The maximum Gasteiger partial charge on any atom is 0.407 e. The summed E-state index contributed by atoms with van der Waals surface area (Å²) >= 11 is 1.21. The quantitative estimate of drug-likeness (QED) is 0.575. The number of aliphatic carboxylic acids is 1. The highest BCUT2D eigenvalue weighted by molar-refractivity contribution is 7.13. The van der Waals surface area contributed by atoms with Crippen molar-refractivity contribution in [1.29, 1.82) is 0 Å². The highest BCUT2D eigenvalue weighted by Crippen LogP contribution is 2.16. The Balaban J connectivity index is 2.12. The molecule has 0 aliphatic rings. The zero-order valence-electron chi connectivity index (χ0n) is 14.8. The summed E-state index contributed by atoms with van der Waals surface area (Å²) in [5, 5.41) is 16.0. The lowest BCUT2D eigenvalue weighted by Gasteiger charge is -2.19. The Morgan fingerprint density at radius 3 is 2.60 bits per heavy atom. The summed E-state index contributed by atoms with van der Waals surface area (Å²) in [4.78, 5) is 37.8. The molecule has 25 heavy (non-hydrogen) atoms. The number of nitrogens with zero attached hydrogens (tertiary/aromatic N) is 1. The van der Waals surface area contributed by atoms with E-state index in [0.717, 1.165) is 12.8 Å². The van der Waals surface area contributed by atoms with E-state index < -0.39 is 17.7 Å². The second-order valence-electron chi connectivity index (χ2n) is 6.50. The van der Waals surface area contributed by atoms with Gasteiger partial charge < -0.3 is 20.5 Å². The zero-order chi connectivity index (χ0) is 18.9. The number of hydrogen-bond acceptors (Lipinski definition) is 6. The third-order valence-corrected chi connectivity index (χ3v) is 3.69. The van der Waals surface area contributed by atoms with Crippen LogP contribution in [0.1, 0.15) is 52.1 Å². The molecule has 1 rings (SSSR count). The molecule has 1 aromatic rings. The molecule has 3 N–H and O–H groups in total. The van der Waals surface area contributed by atoms with Crippen molar-refractivity contribution in [3.63, 3.8) is 0 Å². The van der Waals surface area contributed by atoms with Gasteiger partial charge in [0, 0.05) is 18.3 Å². The van der Waals surface area contributed by atoms with E-state index in [1.807, 2.05) is 0 Å². The first-order chi connectivity index (χ1) is 11.7. The predicted octanol–water partition coefficient (Wildman–Crippen LogP) is 2.79. The summed E-state index contributed by atoms with van der Waals surface area (Å²) in [6.07, 6.45) is 2.00. The smallest absolute Gasteiger partial charge is 0.407 e. The normalized spacial score (nSPS) is 11.0. The minimum absolute atomic E-state index is 0.156. The van der Waals surface area contributed by atoms with Gasteiger partial charge in [-0.2, -0.15) is 0 Å². The second kappa shape index (κ2) is 9.97. The van der Waals surface area contributed by atoms with Crippen LogP contribution >= 0.6 is 11.3 Å². The van der Waals surface area contributed by atoms with Crippen LogP contribution in [0.5, 0.6) is 0 Å². The lowest BCUT2D eigenvalue weighted by atomic mass is 10.2. The molecule has 0 radical (unpaired) electrons. The molecule has 0 aromatic carbocycles. The van der Waals surface area contributed by atoms with Crippen molar-refractivity contribution in [3.05, 3.63) is 11.1 Å². The van der Waals surface area contributed by atoms with Crippen molar-refractivity contribution in [1.82, 2.24) is 10.3 Å². The van der Waals surface area contributed by atoms with Gasteiger partial charge in [-0.15, -0.1) is 11.3 Å². The number of alkyl carbamates (subject to hydrolysis) is 1. The molecule has 0 saturated carbocycles. The minimum atomic E-state index is -0.955. The van der Waals surface area contributed by atoms with Gasteiger partial charge in [0.25, 0.3) is 0 Å². The van der Waals surface area contributed by atoms with Gasteiger partial charge in [-0.05, 0) is 33.6 Å². The van der Waals surface area contributed by atoms with Crippen molar-refractivity contribution in [3.8, 4) is 0 Å². The fraction of sp³-hybridized carbons (Fsp3) is 0.625. The van der Waals surface area contributed by atoms with Crippen molar-refractivity contribution >= 4 is 34.4 Å². The summed E-state index contributed by atoms with van der Waals surface area (Å²) in [5.74, 6) is -1.11. The summed E-state index contributed by atoms with van der Waals surface area (Å²) < 4.78 is 5.12. The molecule has 0 unspecified atom stereocenters. The van der Waals surface area contributed by atoms with Crippen molar-refractivity contribution < 1.29 is 24.2 Å². The molecule has 140 valence electrons. The highest BCUT2D eigenvalue weighted by Gasteiger charge is 2.15. The Morgan fingerprint density at radius 1 is 1.24 bits per heavy atom. The molecule has 1 aromatic heterocycles. The standard InChI is InChI=1S/C16H25N3O5S/c1-16(2,3)24-15(23)17-8-6-4-5-7-12(20)19-14-18-11(10-25-14)9-13(21)22/h10H,4-9H2,1-3H3,(H,17,23)(H,21,22)(H,18,19,20). The fourth-order valence-electron chi connectivity index (χ4n) is 1.87. The molecule has 8 nitrogen and oxygen atoms in total. The van der Waals surface area contributed by atoms with Crippen LogP contribution in [0.15, 0.2) is 5.38 Å². The molecule has 0 spiro atoms. The van der Waals surface area contributed by atoms with E-state index in [1.54, 1.807) is 26.2 Å². The molecule has 0 saturated heterocycles. The molecule has 0 aliphatic carbocycles. The largest absolute Gasteiger partial charge is 0.481 e. The maximum absolute atomic E-state index is 11.8. The first-order valence-corrected chi connectivity index (χ1v) is 8.96. The zero-order valence-corrected chi connectivity index (χ0v) is 15.6. The van der Waals surface area contributed by atoms with Gasteiger partial charge in [0.15, 0.2) is 5.13 Å². The van der Waals surface area contributed by atoms with Crippen LogP contribution < -0.4 is 10.6 Å². The van der Waals surface area contributed by atoms with Crippen LogP contribution in [0.25, 0.3) is 0 Å². The van der Waals surface area contributed by atoms with E-state index in [1.165, 1.54) is 11.3 Å². The van der Waals surface area contributed by atoms with Crippen molar-refractivity contribution in [2.24, 2.45) is 0 Å². The molecule has 1 heterocycles. The molecule has 0 bridgehead atoms. The third-order valence-electron chi connectivity index (χ3n) is 2.88. The number of amides is 2. The number of rotatable bonds is 9. The van der Waals surface area contributed by atoms with Gasteiger partial charge >= 0.3 is 12.1 Å². The van der Waals surface area contributed by atoms with E-state index in [2.05, 4.69) is 15.6 Å². The number of thiazole rings is 1. The van der Waals surface area contributed by atoms with Gasteiger partial charge in [0.05, 0.1) is 12.1 Å². The van der Waals surface area contributed by atoms with Crippen LogP contribution in [0.3, 0.4) is 0 Å². The molecule has 0 atom stereocenters. The number of hydrogen-bond donors (Lipinski definition) is 3. The van der Waals surface area contributed by atoms with Gasteiger partial charge in [-0.3, -0.25) is 9.59 Å². The fourth-order valence-corrected chi connectivity index (χ4v) is 2.60. The van der Waals surface area contributed by atoms with Crippen LogP contribution in [0.2, 0.25) is 0 Å². The van der Waals surface area contributed by atoms with E-state index in [9.17, 15) is 14.4 Å². The summed E-state index contributed by atoms with van der Waals surface area (Å²) in [6, 6.07) is 0. The van der Waals surface area contributed by atoms with Crippen molar-refractivity contribution in [2.75, 3.05) is 11.9 Å². The van der Waals surface area contributed by atoms with Gasteiger partial charge in [0.2, 0.25) is 5.91 Å². The molecule has 0 aliphatic heterocycles. The first-order valence-electron chi connectivity index (χ1n) is 8.08. The van der Waals surface area contributed by atoms with Crippen LogP contribution in [-0.2, 0) is 20.7 Å². The van der Waals surface area contributed by atoms with E-state index in [-0.39, 0.29) is 12.3 Å². The third kappa shape index (κ3) is 10.3. The van der Waals surface area contributed by atoms with E-state index in [0.29, 0.717) is 30.2 Å². The Bertz CT molecular complexity index is 595. The second-order valence-corrected chi connectivity index (χ2v) is 7.36. The molecule has 2 amide bonds. The number of carboxylic acid groups (broad SMARTS) is 1. The van der Waals surface area contributed by atoms with Gasteiger partial charge in [-0.1, -0.05) is 6.42 Å². The van der Waals surface area contributed by atoms with E-state index >= 15 is 0 Å². The van der Waals surface area contributed by atoms with Gasteiger partial charge in [-0.25, -0.2) is 9.78 Å². The van der Waals surface area contributed by atoms with Crippen molar-refractivity contribution in [2.45, 2.75) is 58.5 Å². The SMILES string of the molecule is CC(C)(C)OC(=O)NCCCCCC(=O)Nc1nc(CC(=O)O)cs1. The Morgan fingerprint density at radius 2 is 1.96 bits per heavy atom. The Hall–Kier alpha value is -2.16. The van der Waals surface area contributed by atoms with E-state index in [4.69, 9.17) is 9.84 Å². The number of carbonyl (C=O) groups excluding carboxylic acids is 2. The summed E-state index contributed by atoms with van der Waals surface area (Å²) in [6.45, 7) is 5.91. The number of unbranched alkanes of at least 4 members (excludes halogenated alkanes) is 2. The lowest BCUT2D eigenvalue weighted by molar-refractivity contribution is -0.136. The Kier molecular flexibility index (Phi) is 8.33. The van der Waals surface area contributed by atoms with Crippen LogP contribution in [-0.4, -0.2) is 40.2 Å². The predicted molar refractivity (Wildman–Crippen MR) is 94.8 cm³/mol. The number of nitrogens with one attached hydrogen (secondary N) is 2. The molecule has 0 fully saturated rings. The number of carbonyl (C=O) groups is 3.